The third-order valence-corrected chi connectivity index (χ3v) is 4.72. The number of benzene rings is 1. The molecule has 1 N–H and O–H groups in total. The SMILES string of the molecule is O=C1NC(=O)C2(CC(F)(F)c3ccccc32)c2nc(C(F)(F)F)ccc21. The molecule has 134 valence electrons. The maximum absolute atomic E-state index is 14.6. The second kappa shape index (κ2) is 4.87. The molecule has 0 radical (unpaired) electrons. The van der Waals surface area contributed by atoms with Gasteiger partial charge >= 0.3 is 6.18 Å². The van der Waals surface area contributed by atoms with Crippen LogP contribution in [0.3, 0.4) is 0 Å². The summed E-state index contributed by atoms with van der Waals surface area (Å²) in [5, 5.41) is 1.97. The van der Waals surface area contributed by atoms with E-state index in [2.05, 4.69) is 4.98 Å². The highest BCUT2D eigenvalue weighted by Crippen LogP contribution is 2.56. The Morgan fingerprint density at radius 2 is 1.65 bits per heavy atom. The fraction of sp³-hybridized carbons (Fsp3) is 0.235. The molecule has 0 saturated heterocycles. The second-order valence-electron chi connectivity index (χ2n) is 6.21. The Morgan fingerprint density at radius 3 is 2.31 bits per heavy atom. The topological polar surface area (TPSA) is 59.1 Å². The fourth-order valence-corrected chi connectivity index (χ4v) is 3.62. The van der Waals surface area contributed by atoms with Crippen LogP contribution in [0.15, 0.2) is 36.4 Å². The van der Waals surface area contributed by atoms with Gasteiger partial charge in [0.25, 0.3) is 11.8 Å². The van der Waals surface area contributed by atoms with E-state index in [1.165, 1.54) is 18.2 Å². The first-order valence-corrected chi connectivity index (χ1v) is 7.50. The molecule has 0 fully saturated rings. The molecule has 1 aromatic carbocycles. The normalized spacial score (nSPS) is 23.6. The maximum atomic E-state index is 14.6. The summed E-state index contributed by atoms with van der Waals surface area (Å²) in [7, 11) is 0. The van der Waals surface area contributed by atoms with Gasteiger partial charge in [-0.3, -0.25) is 14.9 Å². The number of rotatable bonds is 0. The van der Waals surface area contributed by atoms with E-state index < -0.39 is 52.7 Å². The predicted octanol–water partition coefficient (Wildman–Crippen LogP) is 3.15. The molecular formula is C17H9F5N2O2. The average molecular weight is 368 g/mol. The molecule has 9 heteroatoms. The fourth-order valence-electron chi connectivity index (χ4n) is 3.62. The molecule has 4 nitrogen and oxygen atoms in total. The van der Waals surface area contributed by atoms with Crippen LogP contribution in [0.1, 0.15) is 39.3 Å². The van der Waals surface area contributed by atoms with Crippen molar-refractivity contribution in [1.82, 2.24) is 10.3 Å². The predicted molar refractivity (Wildman–Crippen MR) is 77.4 cm³/mol. The smallest absolute Gasteiger partial charge is 0.291 e. The van der Waals surface area contributed by atoms with Crippen molar-refractivity contribution in [3.63, 3.8) is 0 Å². The average Bonchev–Trinajstić information content (AvgIpc) is 2.81. The Labute approximate surface area is 143 Å². The zero-order valence-corrected chi connectivity index (χ0v) is 12.8. The number of nitrogens with one attached hydrogen (secondary N) is 1. The lowest BCUT2D eigenvalue weighted by molar-refractivity contribution is -0.141. The van der Waals surface area contributed by atoms with Gasteiger partial charge in [-0.05, 0) is 17.7 Å². The molecule has 2 amide bonds. The van der Waals surface area contributed by atoms with Crippen LogP contribution in [-0.2, 0) is 22.3 Å². The van der Waals surface area contributed by atoms with Crippen LogP contribution in [0.4, 0.5) is 22.0 Å². The van der Waals surface area contributed by atoms with Gasteiger partial charge in [-0.25, -0.2) is 13.8 Å². The minimum Gasteiger partial charge on any atom is -0.291 e. The first kappa shape index (κ1) is 16.6. The molecule has 26 heavy (non-hydrogen) atoms. The number of carbonyl (C=O) groups is 2. The Hall–Kier alpha value is -2.84. The largest absolute Gasteiger partial charge is 0.433 e. The summed E-state index contributed by atoms with van der Waals surface area (Å²) < 4.78 is 68.3. The molecule has 0 saturated carbocycles. The Kier molecular flexibility index (Phi) is 3.11. The van der Waals surface area contributed by atoms with E-state index in [9.17, 15) is 31.5 Å². The van der Waals surface area contributed by atoms with Crippen LogP contribution in [-0.4, -0.2) is 16.8 Å². The van der Waals surface area contributed by atoms with Gasteiger partial charge in [0.15, 0.2) is 0 Å². The van der Waals surface area contributed by atoms with Crippen molar-refractivity contribution in [3.8, 4) is 0 Å². The summed E-state index contributed by atoms with van der Waals surface area (Å²) >= 11 is 0. The van der Waals surface area contributed by atoms with Crippen molar-refractivity contribution in [2.75, 3.05) is 0 Å². The van der Waals surface area contributed by atoms with E-state index in [0.717, 1.165) is 12.1 Å². The van der Waals surface area contributed by atoms with Crippen molar-refractivity contribution in [3.05, 3.63) is 64.5 Å². The van der Waals surface area contributed by atoms with Crippen molar-refractivity contribution in [1.29, 1.82) is 0 Å². The molecule has 2 heterocycles. The lowest BCUT2D eigenvalue weighted by atomic mass is 9.73. The van der Waals surface area contributed by atoms with E-state index >= 15 is 0 Å². The molecular weight excluding hydrogens is 359 g/mol. The van der Waals surface area contributed by atoms with Crippen molar-refractivity contribution < 1.29 is 31.5 Å². The number of hydrogen-bond acceptors (Lipinski definition) is 3. The van der Waals surface area contributed by atoms with Crippen molar-refractivity contribution in [2.45, 2.75) is 23.9 Å². The molecule has 1 spiro atoms. The molecule has 1 unspecified atom stereocenters. The van der Waals surface area contributed by atoms with Gasteiger partial charge in [0.2, 0.25) is 5.91 Å². The molecule has 2 aliphatic rings. The van der Waals surface area contributed by atoms with Gasteiger partial charge in [0.1, 0.15) is 11.1 Å². The molecule has 4 rings (SSSR count). The number of imide groups is 1. The van der Waals surface area contributed by atoms with E-state index in [0.29, 0.717) is 6.07 Å². The zero-order valence-electron chi connectivity index (χ0n) is 12.8. The van der Waals surface area contributed by atoms with E-state index in [1.807, 2.05) is 5.32 Å². The number of nitrogens with zero attached hydrogens (tertiary/aromatic N) is 1. The van der Waals surface area contributed by atoms with Gasteiger partial charge < -0.3 is 0 Å². The number of pyridine rings is 1. The molecule has 1 aliphatic heterocycles. The third-order valence-electron chi connectivity index (χ3n) is 4.72. The highest BCUT2D eigenvalue weighted by molar-refractivity contribution is 6.14. The summed E-state index contributed by atoms with van der Waals surface area (Å²) in [4.78, 5) is 28.1. The van der Waals surface area contributed by atoms with Crippen molar-refractivity contribution in [2.24, 2.45) is 0 Å². The van der Waals surface area contributed by atoms with Crippen molar-refractivity contribution >= 4 is 11.8 Å². The number of fused-ring (bicyclic) bond motifs is 4. The zero-order chi connectivity index (χ0) is 18.9. The van der Waals surface area contributed by atoms with Crippen LogP contribution >= 0.6 is 0 Å². The van der Waals surface area contributed by atoms with E-state index in [-0.39, 0.29) is 11.1 Å². The quantitative estimate of drug-likeness (QED) is 0.574. The monoisotopic (exact) mass is 368 g/mol. The molecule has 2 aromatic rings. The van der Waals surface area contributed by atoms with Crippen LogP contribution in [0.5, 0.6) is 0 Å². The lowest BCUT2D eigenvalue weighted by Crippen LogP contribution is -2.53. The Morgan fingerprint density at radius 1 is 1.00 bits per heavy atom. The van der Waals surface area contributed by atoms with Crippen LogP contribution < -0.4 is 5.32 Å². The molecule has 1 aromatic heterocycles. The third kappa shape index (κ3) is 2.03. The maximum Gasteiger partial charge on any atom is 0.433 e. The summed E-state index contributed by atoms with van der Waals surface area (Å²) in [6, 6.07) is 6.55. The molecule has 0 bridgehead atoms. The van der Waals surface area contributed by atoms with Crippen LogP contribution in [0.2, 0.25) is 0 Å². The highest BCUT2D eigenvalue weighted by Gasteiger charge is 2.62. The van der Waals surface area contributed by atoms with Gasteiger partial charge in [0.05, 0.1) is 11.3 Å². The van der Waals surface area contributed by atoms with Crippen LogP contribution in [0.25, 0.3) is 0 Å². The number of carbonyl (C=O) groups excluding carboxylic acids is 2. The Balaban J connectivity index is 2.07. The number of hydrogen-bond donors (Lipinski definition) is 1. The number of halogens is 5. The standard InChI is InChI=1S/C17H9F5N2O2/c18-16(19)7-15(9-3-1-2-4-10(9)16)12-8(13(25)24-14(15)26)5-6-11(23-12)17(20,21)22/h1-6H,7H2,(H,24,25,26). The first-order chi connectivity index (χ1) is 12.1. The summed E-state index contributed by atoms with van der Waals surface area (Å²) in [6.45, 7) is 0. The second-order valence-corrected chi connectivity index (χ2v) is 6.21. The minimum atomic E-state index is -4.85. The number of aromatic nitrogens is 1. The Bertz CT molecular complexity index is 970. The van der Waals surface area contributed by atoms with Gasteiger partial charge in [-0.1, -0.05) is 24.3 Å². The number of alkyl halides is 5. The molecule has 1 atom stereocenters. The molecule has 1 aliphatic carbocycles. The first-order valence-electron chi connectivity index (χ1n) is 7.50. The number of amides is 2. The van der Waals surface area contributed by atoms with Gasteiger partial charge in [-0.15, -0.1) is 0 Å². The van der Waals surface area contributed by atoms with Gasteiger partial charge in [-0.2, -0.15) is 13.2 Å². The van der Waals surface area contributed by atoms with E-state index in [1.54, 1.807) is 0 Å². The van der Waals surface area contributed by atoms with Crippen LogP contribution in [0, 0.1) is 0 Å². The van der Waals surface area contributed by atoms with E-state index in [4.69, 9.17) is 0 Å². The lowest BCUT2D eigenvalue weighted by Gasteiger charge is -2.33. The minimum absolute atomic E-state index is 0.150. The van der Waals surface area contributed by atoms with Gasteiger partial charge in [0, 0.05) is 12.0 Å². The summed E-state index contributed by atoms with van der Waals surface area (Å²) in [5.74, 6) is -5.53. The summed E-state index contributed by atoms with van der Waals surface area (Å²) in [6.07, 6.45) is -5.95. The summed E-state index contributed by atoms with van der Waals surface area (Å²) in [5.41, 5.74) is -5.05. The highest BCUT2D eigenvalue weighted by atomic mass is 19.4.